The Bertz CT molecular complexity index is 212. The van der Waals surface area contributed by atoms with Crippen LogP contribution in [0.3, 0.4) is 0 Å². The molecule has 1 N–H and O–H groups in total. The molecule has 1 unspecified atom stereocenters. The molecule has 0 aliphatic heterocycles. The molecule has 0 aromatic carbocycles. The van der Waals surface area contributed by atoms with Gasteiger partial charge in [0, 0.05) is 0 Å². The van der Waals surface area contributed by atoms with E-state index in [1.54, 1.807) is 0 Å². The molecule has 0 saturated heterocycles. The second-order valence-corrected chi connectivity index (χ2v) is 4.68. The van der Waals surface area contributed by atoms with Gasteiger partial charge in [0.25, 0.3) is 0 Å². The summed E-state index contributed by atoms with van der Waals surface area (Å²) in [6.07, 6.45) is 5.43. The van der Waals surface area contributed by atoms with Gasteiger partial charge in [-0.25, -0.2) is 0 Å². The second kappa shape index (κ2) is 10.4. The van der Waals surface area contributed by atoms with Crippen molar-refractivity contribution >= 4 is 0 Å². The number of aliphatic hydroxyl groups excluding tert-OH is 1. The van der Waals surface area contributed by atoms with Gasteiger partial charge in [-0.1, -0.05) is 64.0 Å². The Labute approximate surface area is 108 Å². The van der Waals surface area contributed by atoms with E-state index in [0.29, 0.717) is 6.42 Å². The van der Waals surface area contributed by atoms with E-state index in [1.807, 2.05) is 0 Å². The highest BCUT2D eigenvalue weighted by molar-refractivity contribution is 4.92. The predicted molar refractivity (Wildman–Crippen MR) is 68.4 cm³/mol. The van der Waals surface area contributed by atoms with E-state index < -0.39 is 12.3 Å². The van der Waals surface area contributed by atoms with Gasteiger partial charge in [0.15, 0.2) is 6.10 Å². The summed E-state index contributed by atoms with van der Waals surface area (Å²) in [5.74, 6) is 0. The van der Waals surface area contributed by atoms with Crippen molar-refractivity contribution in [3.05, 3.63) is 12.2 Å². The van der Waals surface area contributed by atoms with Crippen LogP contribution in [0.2, 0.25) is 0 Å². The summed E-state index contributed by atoms with van der Waals surface area (Å²) in [5, 5.41) is 8.70. The predicted octanol–water partition coefficient (Wildman–Crippen LogP) is 5.00. The lowest BCUT2D eigenvalue weighted by atomic mass is 10.1. The summed E-state index contributed by atoms with van der Waals surface area (Å²) in [6, 6.07) is 0. The second-order valence-electron chi connectivity index (χ2n) is 4.68. The SMILES string of the molecule is CCCCCCCCCC/C=C/C(O)C(F)(F)F. The molecule has 1 atom stereocenters. The zero-order chi connectivity index (χ0) is 13.9. The molecular formula is C14H25F3O. The van der Waals surface area contributed by atoms with Crippen molar-refractivity contribution in [2.75, 3.05) is 0 Å². The van der Waals surface area contributed by atoms with Crippen LogP contribution in [-0.2, 0) is 0 Å². The standard InChI is InChI=1S/C14H25F3O/c1-2-3-4-5-6-7-8-9-10-11-12-13(18)14(15,16)17/h11-13,18H,2-10H2,1H3/b12-11+. The first-order valence-electron chi connectivity index (χ1n) is 6.90. The molecule has 1 nitrogen and oxygen atoms in total. The fourth-order valence-corrected chi connectivity index (χ4v) is 1.73. The fourth-order valence-electron chi connectivity index (χ4n) is 1.73. The van der Waals surface area contributed by atoms with Crippen LogP contribution in [0, 0.1) is 0 Å². The number of rotatable bonds is 10. The maximum absolute atomic E-state index is 11.9. The van der Waals surface area contributed by atoms with Crippen LogP contribution in [0.5, 0.6) is 0 Å². The number of allylic oxidation sites excluding steroid dienone is 1. The molecule has 0 heterocycles. The largest absolute Gasteiger partial charge is 0.417 e. The van der Waals surface area contributed by atoms with Crippen LogP contribution >= 0.6 is 0 Å². The Morgan fingerprint density at radius 3 is 1.94 bits per heavy atom. The van der Waals surface area contributed by atoms with Crippen LogP contribution in [0.15, 0.2) is 12.2 Å². The number of hydrogen-bond donors (Lipinski definition) is 1. The molecule has 0 bridgehead atoms. The number of halogens is 3. The van der Waals surface area contributed by atoms with E-state index in [4.69, 9.17) is 5.11 Å². The number of hydrogen-bond acceptors (Lipinski definition) is 1. The van der Waals surface area contributed by atoms with Crippen molar-refractivity contribution in [2.45, 2.75) is 77.0 Å². The summed E-state index contributed by atoms with van der Waals surface area (Å²) in [7, 11) is 0. The summed E-state index contributed by atoms with van der Waals surface area (Å²) in [5.41, 5.74) is 0. The molecule has 0 saturated carbocycles. The third kappa shape index (κ3) is 10.6. The smallest absolute Gasteiger partial charge is 0.380 e. The Hall–Kier alpha value is -0.510. The van der Waals surface area contributed by atoms with Crippen LogP contribution < -0.4 is 0 Å². The van der Waals surface area contributed by atoms with Gasteiger partial charge in [0.05, 0.1) is 0 Å². The summed E-state index contributed by atoms with van der Waals surface area (Å²) in [4.78, 5) is 0. The Kier molecular flexibility index (Phi) is 10.1. The minimum absolute atomic E-state index is 0.613. The zero-order valence-corrected chi connectivity index (χ0v) is 11.2. The number of unbranched alkanes of at least 4 members (excludes halogenated alkanes) is 8. The monoisotopic (exact) mass is 266 g/mol. The highest BCUT2D eigenvalue weighted by Crippen LogP contribution is 2.21. The minimum Gasteiger partial charge on any atom is -0.380 e. The molecule has 18 heavy (non-hydrogen) atoms. The first kappa shape index (κ1) is 17.5. The summed E-state index contributed by atoms with van der Waals surface area (Å²) >= 11 is 0. The molecule has 0 aliphatic rings. The van der Waals surface area contributed by atoms with Gasteiger partial charge in [-0.2, -0.15) is 13.2 Å². The summed E-state index contributed by atoms with van der Waals surface area (Å²) < 4.78 is 35.8. The molecule has 0 aromatic heterocycles. The first-order chi connectivity index (χ1) is 8.48. The van der Waals surface area contributed by atoms with E-state index in [9.17, 15) is 13.2 Å². The van der Waals surface area contributed by atoms with Gasteiger partial charge in [0.2, 0.25) is 0 Å². The van der Waals surface area contributed by atoms with E-state index in [-0.39, 0.29) is 0 Å². The lowest BCUT2D eigenvalue weighted by Crippen LogP contribution is -2.25. The van der Waals surface area contributed by atoms with Crippen LogP contribution in [-0.4, -0.2) is 17.4 Å². The van der Waals surface area contributed by atoms with Crippen molar-refractivity contribution in [3.63, 3.8) is 0 Å². The van der Waals surface area contributed by atoms with Crippen molar-refractivity contribution < 1.29 is 18.3 Å². The molecule has 108 valence electrons. The van der Waals surface area contributed by atoms with Gasteiger partial charge in [0.1, 0.15) is 0 Å². The maximum Gasteiger partial charge on any atom is 0.417 e. The van der Waals surface area contributed by atoms with Crippen molar-refractivity contribution in [3.8, 4) is 0 Å². The average molecular weight is 266 g/mol. The normalized spacial score (nSPS) is 14.3. The van der Waals surface area contributed by atoms with E-state index in [1.165, 1.54) is 38.2 Å². The van der Waals surface area contributed by atoms with Crippen LogP contribution in [0.1, 0.15) is 64.7 Å². The molecule has 0 fully saturated rings. The summed E-state index contributed by atoms with van der Waals surface area (Å²) in [6.45, 7) is 2.18. The maximum atomic E-state index is 11.9. The van der Waals surface area contributed by atoms with Gasteiger partial charge >= 0.3 is 6.18 Å². The molecule has 4 heteroatoms. The lowest BCUT2D eigenvalue weighted by Gasteiger charge is -2.09. The zero-order valence-electron chi connectivity index (χ0n) is 11.2. The quantitative estimate of drug-likeness (QED) is 0.436. The lowest BCUT2D eigenvalue weighted by molar-refractivity contribution is -0.187. The van der Waals surface area contributed by atoms with Crippen molar-refractivity contribution in [1.82, 2.24) is 0 Å². The average Bonchev–Trinajstić information content (AvgIpc) is 2.30. The third-order valence-corrected chi connectivity index (χ3v) is 2.88. The Balaban J connectivity index is 3.33. The molecule has 0 amide bonds. The molecule has 0 aliphatic carbocycles. The minimum atomic E-state index is -4.53. The van der Waals surface area contributed by atoms with Gasteiger partial charge in [-0.15, -0.1) is 0 Å². The molecule has 0 spiro atoms. The fraction of sp³-hybridized carbons (Fsp3) is 0.857. The highest BCUT2D eigenvalue weighted by atomic mass is 19.4. The van der Waals surface area contributed by atoms with Gasteiger partial charge < -0.3 is 5.11 Å². The van der Waals surface area contributed by atoms with Crippen molar-refractivity contribution in [1.29, 1.82) is 0 Å². The third-order valence-electron chi connectivity index (χ3n) is 2.88. The van der Waals surface area contributed by atoms with Crippen LogP contribution in [0.4, 0.5) is 13.2 Å². The topological polar surface area (TPSA) is 20.2 Å². The van der Waals surface area contributed by atoms with Gasteiger partial charge in [-0.05, 0) is 12.8 Å². The van der Waals surface area contributed by atoms with E-state index >= 15 is 0 Å². The number of alkyl halides is 3. The van der Waals surface area contributed by atoms with Gasteiger partial charge in [-0.3, -0.25) is 0 Å². The molecular weight excluding hydrogens is 241 g/mol. The Morgan fingerprint density at radius 2 is 1.44 bits per heavy atom. The first-order valence-corrected chi connectivity index (χ1v) is 6.90. The van der Waals surface area contributed by atoms with Crippen LogP contribution in [0.25, 0.3) is 0 Å². The van der Waals surface area contributed by atoms with E-state index in [0.717, 1.165) is 25.3 Å². The molecule has 0 aromatic rings. The molecule has 0 rings (SSSR count). The Morgan fingerprint density at radius 1 is 0.944 bits per heavy atom. The number of aliphatic hydroxyl groups is 1. The molecule has 0 radical (unpaired) electrons. The van der Waals surface area contributed by atoms with Crippen molar-refractivity contribution in [2.24, 2.45) is 0 Å². The van der Waals surface area contributed by atoms with E-state index in [2.05, 4.69) is 6.92 Å². The highest BCUT2D eigenvalue weighted by Gasteiger charge is 2.35.